The van der Waals surface area contributed by atoms with E-state index in [-0.39, 0.29) is 6.42 Å². The molecule has 0 aliphatic carbocycles. The van der Waals surface area contributed by atoms with Crippen molar-refractivity contribution in [3.05, 3.63) is 54.1 Å². The number of ether oxygens (including phenoxy) is 1. The van der Waals surface area contributed by atoms with Gasteiger partial charge in [-0.2, -0.15) is 0 Å². The number of hydrogen-bond acceptors (Lipinski definition) is 4. The number of nitrogens with zero attached hydrogens (tertiary/aromatic N) is 2. The van der Waals surface area contributed by atoms with E-state index < -0.39 is 25.5 Å². The largest absolute Gasteiger partial charge is 0.468 e. The van der Waals surface area contributed by atoms with E-state index in [0.29, 0.717) is 11.3 Å². The number of methoxy groups -OCH3 is 1. The van der Waals surface area contributed by atoms with Crippen molar-refractivity contribution in [1.82, 2.24) is 14.9 Å². The fraction of sp³-hybridized carbons (Fsp3) is 0.333. The van der Waals surface area contributed by atoms with Gasteiger partial charge in [0.05, 0.1) is 13.4 Å². The molecule has 1 aromatic heterocycles. The highest BCUT2D eigenvalue weighted by atomic mass is 16.5. The minimum Gasteiger partial charge on any atom is -0.468 e. The molecule has 2 atom stereocenters. The van der Waals surface area contributed by atoms with Gasteiger partial charge >= 0.3 is 5.97 Å². The Labute approximate surface area is 124 Å². The monoisotopic (exact) mass is 277 g/mol. The van der Waals surface area contributed by atoms with Gasteiger partial charge in [0.1, 0.15) is 6.04 Å². The van der Waals surface area contributed by atoms with Crippen molar-refractivity contribution >= 4 is 5.97 Å². The molecular formula is C15H19N3O2. The molecule has 1 heterocycles. The van der Waals surface area contributed by atoms with Gasteiger partial charge in [-0.1, -0.05) is 30.3 Å². The number of rotatable bonds is 6. The van der Waals surface area contributed by atoms with E-state index in [4.69, 9.17) is 10.2 Å². The van der Waals surface area contributed by atoms with Gasteiger partial charge in [-0.15, -0.1) is 0 Å². The van der Waals surface area contributed by atoms with E-state index >= 15 is 0 Å². The first-order valence-electron chi connectivity index (χ1n) is 8.23. The molecule has 0 aliphatic rings. The summed E-state index contributed by atoms with van der Waals surface area (Å²) in [7, 11) is 1.20. The molecular weight excluding hydrogens is 254 g/mol. The number of benzene rings is 1. The minimum atomic E-state index is -2.65. The predicted octanol–water partition coefficient (Wildman–Crippen LogP) is 1.63. The van der Waals surface area contributed by atoms with Crippen LogP contribution in [-0.4, -0.2) is 41.0 Å². The lowest BCUT2D eigenvalue weighted by Crippen LogP contribution is -2.40. The Hall–Kier alpha value is -2.14. The van der Waals surface area contributed by atoms with E-state index in [9.17, 15) is 4.79 Å². The zero-order chi connectivity index (χ0) is 17.7. The number of carbonyl (C=O) groups excluding carboxylic acids is 1. The molecule has 0 saturated carbocycles. The van der Waals surface area contributed by atoms with Crippen molar-refractivity contribution in [2.24, 2.45) is 0 Å². The highest BCUT2D eigenvalue weighted by Crippen LogP contribution is 2.11. The van der Waals surface area contributed by atoms with E-state index in [1.807, 2.05) is 0 Å². The fourth-order valence-electron chi connectivity index (χ4n) is 1.83. The standard InChI is InChI=1S/C15H19N3O2/c1-18(10-12-6-4-3-5-7-12)14(15(19)20-2)8-13-9-16-11-17-13/h3-7,9,11,14H,8,10H2,1-2H3,(H,16,17)/t14-/m0/s1/i1D3,10D/t10?,14-. The van der Waals surface area contributed by atoms with Crippen molar-refractivity contribution in [2.75, 3.05) is 14.1 Å². The van der Waals surface area contributed by atoms with Crippen LogP contribution in [0.5, 0.6) is 0 Å². The molecule has 2 aromatic rings. The predicted molar refractivity (Wildman–Crippen MR) is 76.0 cm³/mol. The first kappa shape index (κ1) is 9.72. The van der Waals surface area contributed by atoms with Crippen LogP contribution in [0.3, 0.4) is 0 Å². The number of carbonyl (C=O) groups is 1. The highest BCUT2D eigenvalue weighted by Gasteiger charge is 2.25. The van der Waals surface area contributed by atoms with Gasteiger partial charge in [0.15, 0.2) is 0 Å². The second-order valence-electron chi connectivity index (χ2n) is 4.27. The molecule has 1 N–H and O–H groups in total. The van der Waals surface area contributed by atoms with Crippen LogP contribution in [-0.2, 0) is 22.5 Å². The quantitative estimate of drug-likeness (QED) is 0.815. The van der Waals surface area contributed by atoms with Crippen molar-refractivity contribution in [3.63, 3.8) is 0 Å². The van der Waals surface area contributed by atoms with Crippen LogP contribution in [0.4, 0.5) is 0 Å². The number of aromatic amines is 1. The molecule has 1 unspecified atom stereocenters. The summed E-state index contributed by atoms with van der Waals surface area (Å²) < 4.78 is 36.6. The normalized spacial score (nSPS) is 17.5. The average molecular weight is 277 g/mol. The molecule has 0 aliphatic heterocycles. The summed E-state index contributed by atoms with van der Waals surface area (Å²) in [4.78, 5) is 19.8. The maximum Gasteiger partial charge on any atom is 0.323 e. The highest BCUT2D eigenvalue weighted by molar-refractivity contribution is 5.75. The zero-order valence-electron chi connectivity index (χ0n) is 15.1. The Morgan fingerprint density at radius 1 is 1.55 bits per heavy atom. The lowest BCUT2D eigenvalue weighted by molar-refractivity contribution is -0.146. The number of likely N-dealkylation sites (N-methyl/N-ethyl adjacent to an activating group) is 1. The third-order valence-electron chi connectivity index (χ3n) is 2.86. The van der Waals surface area contributed by atoms with Crippen molar-refractivity contribution in [3.8, 4) is 0 Å². The summed E-state index contributed by atoms with van der Waals surface area (Å²) in [6.07, 6.45) is 3.00. The van der Waals surface area contributed by atoms with Crippen LogP contribution in [0.15, 0.2) is 42.9 Å². The fourth-order valence-corrected chi connectivity index (χ4v) is 1.83. The van der Waals surface area contributed by atoms with Crippen molar-refractivity contribution in [1.29, 1.82) is 0 Å². The van der Waals surface area contributed by atoms with Gasteiger partial charge in [0.2, 0.25) is 0 Å². The second kappa shape index (κ2) is 6.86. The smallest absolute Gasteiger partial charge is 0.323 e. The molecule has 5 heteroatoms. The second-order valence-corrected chi connectivity index (χ2v) is 4.27. The molecule has 20 heavy (non-hydrogen) atoms. The van der Waals surface area contributed by atoms with Gasteiger partial charge in [0, 0.05) is 30.3 Å². The first-order valence-corrected chi connectivity index (χ1v) is 6.15. The van der Waals surface area contributed by atoms with E-state index in [2.05, 4.69) is 9.97 Å². The molecule has 0 amide bonds. The van der Waals surface area contributed by atoms with Crippen molar-refractivity contribution in [2.45, 2.75) is 19.0 Å². The Morgan fingerprint density at radius 3 is 2.95 bits per heavy atom. The van der Waals surface area contributed by atoms with Crippen LogP contribution in [0, 0.1) is 0 Å². The zero-order valence-corrected chi connectivity index (χ0v) is 11.1. The lowest BCUT2D eigenvalue weighted by Gasteiger charge is -2.25. The number of aromatic nitrogens is 2. The molecule has 1 aromatic carbocycles. The number of H-pyrrole nitrogens is 1. The summed E-state index contributed by atoms with van der Waals surface area (Å²) in [6, 6.07) is 7.37. The molecule has 0 fully saturated rings. The van der Waals surface area contributed by atoms with Crippen LogP contribution >= 0.6 is 0 Å². The number of hydrogen-bond donors (Lipinski definition) is 1. The Balaban J connectivity index is 2.40. The summed E-state index contributed by atoms with van der Waals surface area (Å²) in [6.45, 7) is -3.90. The van der Waals surface area contributed by atoms with E-state index in [1.54, 1.807) is 30.3 Å². The van der Waals surface area contributed by atoms with Crippen LogP contribution < -0.4 is 0 Å². The van der Waals surface area contributed by atoms with Crippen LogP contribution in [0.1, 0.15) is 16.7 Å². The maximum absolute atomic E-state index is 12.2. The maximum atomic E-state index is 12.2. The van der Waals surface area contributed by atoms with Gasteiger partial charge < -0.3 is 9.72 Å². The van der Waals surface area contributed by atoms with E-state index in [0.717, 1.165) is 4.90 Å². The third-order valence-corrected chi connectivity index (χ3v) is 2.86. The number of esters is 1. The first-order chi connectivity index (χ1) is 11.3. The van der Waals surface area contributed by atoms with Crippen LogP contribution in [0.25, 0.3) is 0 Å². The molecule has 106 valence electrons. The summed E-state index contributed by atoms with van der Waals surface area (Å²) in [5.74, 6) is -0.714. The SMILES string of the molecule is [2H]C(c1ccccc1)N([C@@H](Cc1cnc[nH]1)C(=O)OC)C([2H])([2H])[2H]. The van der Waals surface area contributed by atoms with Crippen LogP contribution in [0.2, 0.25) is 0 Å². The average Bonchev–Trinajstić information content (AvgIpc) is 3.06. The number of nitrogens with one attached hydrogen (secondary N) is 1. The van der Waals surface area contributed by atoms with Gasteiger partial charge in [-0.25, -0.2) is 4.98 Å². The summed E-state index contributed by atoms with van der Waals surface area (Å²) in [5.41, 5.74) is 1.06. The molecule has 5 nitrogen and oxygen atoms in total. The van der Waals surface area contributed by atoms with Gasteiger partial charge in [-0.05, 0) is 12.5 Å². The van der Waals surface area contributed by atoms with Gasteiger partial charge in [-0.3, -0.25) is 9.69 Å². The summed E-state index contributed by atoms with van der Waals surface area (Å²) in [5, 5.41) is 0. The van der Waals surface area contributed by atoms with Crippen molar-refractivity contribution < 1.29 is 15.0 Å². The Morgan fingerprint density at radius 2 is 2.35 bits per heavy atom. The minimum absolute atomic E-state index is 0.0489. The van der Waals surface area contributed by atoms with E-state index in [1.165, 1.54) is 19.6 Å². The molecule has 0 spiro atoms. The molecule has 0 saturated heterocycles. The Kier molecular flexibility index (Phi) is 3.33. The molecule has 2 rings (SSSR count). The lowest BCUT2D eigenvalue weighted by atomic mass is 10.1. The van der Waals surface area contributed by atoms with Gasteiger partial charge in [0.25, 0.3) is 0 Å². The third kappa shape index (κ3) is 3.68. The molecule has 0 bridgehead atoms. The summed E-state index contributed by atoms with van der Waals surface area (Å²) >= 11 is 0. The molecule has 0 radical (unpaired) electrons. The topological polar surface area (TPSA) is 58.2 Å². The Bertz CT molecular complexity index is 646. The number of imidazole rings is 1.